The Kier molecular flexibility index (Phi) is 2.89. The molecular formula is C10H14O4S. The van der Waals surface area contributed by atoms with E-state index in [2.05, 4.69) is 0 Å². The first-order valence-electron chi connectivity index (χ1n) is 4.87. The molecule has 0 aromatic heterocycles. The van der Waals surface area contributed by atoms with Crippen molar-refractivity contribution in [2.45, 2.75) is 37.1 Å². The maximum atomic E-state index is 11.0. The Balaban J connectivity index is 1.95. The number of aliphatic hydroxyl groups is 1. The Morgan fingerprint density at radius 3 is 2.87 bits per heavy atom. The van der Waals surface area contributed by atoms with Crippen LogP contribution in [-0.2, 0) is 14.3 Å². The zero-order chi connectivity index (χ0) is 11.1. The van der Waals surface area contributed by atoms with E-state index in [1.54, 1.807) is 6.08 Å². The van der Waals surface area contributed by atoms with E-state index in [0.29, 0.717) is 6.61 Å². The van der Waals surface area contributed by atoms with E-state index in [1.807, 2.05) is 13.8 Å². The lowest BCUT2D eigenvalue weighted by molar-refractivity contribution is -0.150. The van der Waals surface area contributed by atoms with Crippen LogP contribution in [0.25, 0.3) is 0 Å². The summed E-state index contributed by atoms with van der Waals surface area (Å²) < 4.78 is 10.9. The Morgan fingerprint density at radius 2 is 2.40 bits per heavy atom. The van der Waals surface area contributed by atoms with Crippen LogP contribution in [0.2, 0.25) is 0 Å². The lowest BCUT2D eigenvalue weighted by Crippen LogP contribution is -2.37. The van der Waals surface area contributed by atoms with Gasteiger partial charge < -0.3 is 14.6 Å². The quantitative estimate of drug-likeness (QED) is 0.756. The molecule has 4 nitrogen and oxygen atoms in total. The van der Waals surface area contributed by atoms with Crippen molar-refractivity contribution in [2.24, 2.45) is 0 Å². The van der Waals surface area contributed by atoms with Crippen molar-refractivity contribution in [1.29, 1.82) is 0 Å². The van der Waals surface area contributed by atoms with E-state index < -0.39 is 11.9 Å². The number of thioether (sulfide) groups is 1. The highest BCUT2D eigenvalue weighted by atomic mass is 32.2. The molecule has 0 radical (unpaired) electrons. The molecule has 1 fully saturated rings. The summed E-state index contributed by atoms with van der Waals surface area (Å²) in [6, 6.07) is 0. The maximum Gasteiger partial charge on any atom is 0.212 e. The van der Waals surface area contributed by atoms with E-state index in [0.717, 1.165) is 11.8 Å². The second-order valence-electron chi connectivity index (χ2n) is 4.12. The minimum atomic E-state index is -0.695. The van der Waals surface area contributed by atoms with Crippen LogP contribution in [0.3, 0.4) is 0 Å². The van der Waals surface area contributed by atoms with Gasteiger partial charge in [0.15, 0.2) is 5.79 Å². The van der Waals surface area contributed by atoms with Crippen molar-refractivity contribution in [3.8, 4) is 0 Å². The van der Waals surface area contributed by atoms with Gasteiger partial charge in [0.25, 0.3) is 0 Å². The number of carbonyl (C=O) groups excluding carboxylic acids is 1. The molecule has 0 saturated carbocycles. The Morgan fingerprint density at radius 1 is 1.67 bits per heavy atom. The topological polar surface area (TPSA) is 55.8 Å². The van der Waals surface area contributed by atoms with Crippen LogP contribution in [0, 0.1) is 0 Å². The highest BCUT2D eigenvalue weighted by Gasteiger charge is 2.40. The van der Waals surface area contributed by atoms with Crippen LogP contribution in [0.1, 0.15) is 13.8 Å². The summed E-state index contributed by atoms with van der Waals surface area (Å²) in [6.07, 6.45) is 2.15. The zero-order valence-electron chi connectivity index (χ0n) is 8.67. The van der Waals surface area contributed by atoms with E-state index in [1.165, 1.54) is 6.08 Å². The van der Waals surface area contributed by atoms with Gasteiger partial charge in [0.05, 0.1) is 18.0 Å². The molecule has 2 heterocycles. The molecule has 2 aliphatic rings. The summed E-state index contributed by atoms with van der Waals surface area (Å²) in [7, 11) is 0. The van der Waals surface area contributed by atoms with Crippen LogP contribution >= 0.6 is 11.8 Å². The summed E-state index contributed by atoms with van der Waals surface area (Å²) in [5.74, 6) is -0.636. The fourth-order valence-corrected chi connectivity index (χ4v) is 2.56. The second kappa shape index (κ2) is 3.90. The van der Waals surface area contributed by atoms with Crippen molar-refractivity contribution in [2.75, 3.05) is 6.61 Å². The number of aliphatic hydroxyl groups excluding tert-OH is 1. The van der Waals surface area contributed by atoms with Crippen molar-refractivity contribution < 1.29 is 19.4 Å². The molecular weight excluding hydrogens is 216 g/mol. The minimum absolute atomic E-state index is 0.0165. The van der Waals surface area contributed by atoms with Crippen LogP contribution in [0.15, 0.2) is 12.2 Å². The minimum Gasteiger partial charge on any atom is -0.389 e. The second-order valence-corrected chi connectivity index (χ2v) is 5.30. The molecule has 5 heteroatoms. The standard InChI is InChI=1S/C10H14O4S/c1-10(2)13-5-6(14-10)9(12)7-3-4-8(11)15-7/h3-4,6-7,9,12H,5H2,1-2H3/t6-,7+,9-/m1/s1. The molecule has 1 N–H and O–H groups in total. The number of ether oxygens (including phenoxy) is 2. The average Bonchev–Trinajstić information content (AvgIpc) is 2.71. The van der Waals surface area contributed by atoms with Gasteiger partial charge in [0, 0.05) is 0 Å². The molecule has 2 aliphatic heterocycles. The van der Waals surface area contributed by atoms with Gasteiger partial charge >= 0.3 is 0 Å². The third-order valence-electron chi connectivity index (χ3n) is 2.42. The van der Waals surface area contributed by atoms with Gasteiger partial charge in [0.1, 0.15) is 6.10 Å². The molecule has 15 heavy (non-hydrogen) atoms. The monoisotopic (exact) mass is 230 g/mol. The lowest BCUT2D eigenvalue weighted by atomic mass is 10.1. The highest BCUT2D eigenvalue weighted by Crippen LogP contribution is 2.31. The molecule has 1 saturated heterocycles. The smallest absolute Gasteiger partial charge is 0.212 e. The first-order valence-corrected chi connectivity index (χ1v) is 5.74. The molecule has 2 rings (SSSR count). The molecule has 84 valence electrons. The lowest BCUT2D eigenvalue weighted by Gasteiger charge is -2.22. The number of hydrogen-bond acceptors (Lipinski definition) is 5. The van der Waals surface area contributed by atoms with E-state index in [4.69, 9.17) is 9.47 Å². The van der Waals surface area contributed by atoms with E-state index in [9.17, 15) is 9.90 Å². The Hall–Kier alpha value is -0.360. The van der Waals surface area contributed by atoms with E-state index in [-0.39, 0.29) is 16.5 Å². The van der Waals surface area contributed by atoms with Crippen LogP contribution < -0.4 is 0 Å². The highest BCUT2D eigenvalue weighted by molar-refractivity contribution is 8.15. The van der Waals surface area contributed by atoms with Crippen molar-refractivity contribution in [3.05, 3.63) is 12.2 Å². The van der Waals surface area contributed by atoms with Gasteiger partial charge in [-0.3, -0.25) is 4.79 Å². The summed E-state index contributed by atoms with van der Waals surface area (Å²) >= 11 is 1.13. The van der Waals surface area contributed by atoms with E-state index >= 15 is 0 Å². The molecule has 0 amide bonds. The third-order valence-corrected chi connectivity index (χ3v) is 3.50. The summed E-state index contributed by atoms with van der Waals surface area (Å²) in [5, 5.41) is 9.74. The van der Waals surface area contributed by atoms with Crippen LogP contribution in [0.4, 0.5) is 0 Å². The molecule has 0 aromatic rings. The van der Waals surface area contributed by atoms with Crippen LogP contribution in [0.5, 0.6) is 0 Å². The molecule has 0 bridgehead atoms. The molecule has 0 aliphatic carbocycles. The van der Waals surface area contributed by atoms with Crippen molar-refractivity contribution >= 4 is 16.9 Å². The predicted molar refractivity (Wildman–Crippen MR) is 56.4 cm³/mol. The normalized spacial score (nSPS) is 36.1. The fourth-order valence-electron chi connectivity index (χ4n) is 1.66. The van der Waals surface area contributed by atoms with Gasteiger partial charge in [-0.15, -0.1) is 0 Å². The van der Waals surface area contributed by atoms with Gasteiger partial charge in [-0.2, -0.15) is 0 Å². The average molecular weight is 230 g/mol. The maximum absolute atomic E-state index is 11.0. The van der Waals surface area contributed by atoms with Crippen molar-refractivity contribution in [3.63, 3.8) is 0 Å². The van der Waals surface area contributed by atoms with Gasteiger partial charge in [-0.1, -0.05) is 17.8 Å². The zero-order valence-corrected chi connectivity index (χ0v) is 9.49. The number of rotatable bonds is 2. The van der Waals surface area contributed by atoms with Crippen molar-refractivity contribution in [1.82, 2.24) is 0 Å². The summed E-state index contributed by atoms with van der Waals surface area (Å²) in [4.78, 5) is 11.0. The first-order chi connectivity index (χ1) is 6.98. The van der Waals surface area contributed by atoms with Gasteiger partial charge in [-0.05, 0) is 19.9 Å². The van der Waals surface area contributed by atoms with Crippen LogP contribution in [-0.4, -0.2) is 40.1 Å². The molecule has 0 unspecified atom stereocenters. The SMILES string of the molecule is CC1(C)OC[C@H]([C@@H](O)[C@@H]2C=CC(=O)S2)O1. The first kappa shape index (κ1) is 11.1. The summed E-state index contributed by atoms with van der Waals surface area (Å²) in [5.41, 5.74) is 0. The summed E-state index contributed by atoms with van der Waals surface area (Å²) in [6.45, 7) is 3.98. The Bertz CT molecular complexity index is 300. The van der Waals surface area contributed by atoms with Gasteiger partial charge in [0.2, 0.25) is 5.12 Å². The molecule has 3 atom stereocenters. The predicted octanol–water partition coefficient (Wildman–Crippen LogP) is 0.697. The Labute approximate surface area is 92.6 Å². The largest absolute Gasteiger partial charge is 0.389 e. The molecule has 0 aromatic carbocycles. The third kappa shape index (κ3) is 2.42. The number of carbonyl (C=O) groups is 1. The van der Waals surface area contributed by atoms with Gasteiger partial charge in [-0.25, -0.2) is 0 Å². The fraction of sp³-hybridized carbons (Fsp3) is 0.700. The number of hydrogen-bond donors (Lipinski definition) is 1. The molecule has 0 spiro atoms.